The zero-order valence-corrected chi connectivity index (χ0v) is 9.15. The Morgan fingerprint density at radius 3 is 2.75 bits per heavy atom. The van der Waals surface area contributed by atoms with Crippen LogP contribution in [0.3, 0.4) is 0 Å². The number of carboxylic acids is 1. The SMILES string of the molecule is Cc1csc(Nc2ccc(C(=O)O)nn2)n1. The van der Waals surface area contributed by atoms with Gasteiger partial charge in [-0.2, -0.15) is 0 Å². The summed E-state index contributed by atoms with van der Waals surface area (Å²) in [6.07, 6.45) is 0. The van der Waals surface area contributed by atoms with E-state index in [0.717, 1.165) is 5.69 Å². The van der Waals surface area contributed by atoms with Crippen LogP contribution in [-0.4, -0.2) is 26.3 Å². The zero-order valence-electron chi connectivity index (χ0n) is 8.34. The van der Waals surface area contributed by atoms with Gasteiger partial charge in [0, 0.05) is 5.38 Å². The lowest BCUT2D eigenvalue weighted by atomic mass is 10.4. The van der Waals surface area contributed by atoms with Crippen molar-refractivity contribution in [3.8, 4) is 0 Å². The molecule has 0 atom stereocenters. The van der Waals surface area contributed by atoms with Crippen molar-refractivity contribution < 1.29 is 9.90 Å². The number of carbonyl (C=O) groups is 1. The third-order valence-electron chi connectivity index (χ3n) is 1.74. The van der Waals surface area contributed by atoms with Gasteiger partial charge in [-0.1, -0.05) is 0 Å². The van der Waals surface area contributed by atoms with Gasteiger partial charge in [0.1, 0.15) is 0 Å². The molecule has 0 aliphatic carbocycles. The lowest BCUT2D eigenvalue weighted by molar-refractivity contribution is 0.0689. The summed E-state index contributed by atoms with van der Waals surface area (Å²) in [5, 5.41) is 21.5. The van der Waals surface area contributed by atoms with E-state index in [1.807, 2.05) is 12.3 Å². The monoisotopic (exact) mass is 236 g/mol. The molecule has 0 bridgehead atoms. The maximum atomic E-state index is 10.5. The molecule has 0 unspecified atom stereocenters. The Bertz CT molecular complexity index is 508. The third-order valence-corrected chi connectivity index (χ3v) is 2.61. The van der Waals surface area contributed by atoms with Crippen LogP contribution in [0.4, 0.5) is 10.9 Å². The summed E-state index contributed by atoms with van der Waals surface area (Å²) in [7, 11) is 0. The first-order valence-electron chi connectivity index (χ1n) is 4.41. The number of aryl methyl sites for hydroxylation is 1. The van der Waals surface area contributed by atoms with E-state index in [9.17, 15) is 4.79 Å². The number of hydrogen-bond donors (Lipinski definition) is 2. The summed E-state index contributed by atoms with van der Waals surface area (Å²) in [5.41, 5.74) is 0.837. The molecule has 0 spiro atoms. The normalized spacial score (nSPS) is 10.1. The highest BCUT2D eigenvalue weighted by atomic mass is 32.1. The summed E-state index contributed by atoms with van der Waals surface area (Å²) >= 11 is 1.45. The molecule has 0 aliphatic heterocycles. The van der Waals surface area contributed by atoms with Gasteiger partial charge in [0.15, 0.2) is 16.6 Å². The van der Waals surface area contributed by atoms with Crippen molar-refractivity contribution in [3.05, 3.63) is 28.9 Å². The van der Waals surface area contributed by atoms with E-state index in [2.05, 4.69) is 20.5 Å². The quantitative estimate of drug-likeness (QED) is 0.843. The molecular weight excluding hydrogens is 228 g/mol. The molecule has 2 aromatic heterocycles. The number of carboxylic acid groups (broad SMARTS) is 1. The highest BCUT2D eigenvalue weighted by Crippen LogP contribution is 2.18. The number of anilines is 2. The number of nitrogens with one attached hydrogen (secondary N) is 1. The van der Waals surface area contributed by atoms with E-state index < -0.39 is 5.97 Å². The Morgan fingerprint density at radius 1 is 1.44 bits per heavy atom. The van der Waals surface area contributed by atoms with Crippen LogP contribution in [0, 0.1) is 6.92 Å². The van der Waals surface area contributed by atoms with Gasteiger partial charge in [0.2, 0.25) is 0 Å². The minimum atomic E-state index is -1.09. The molecule has 0 radical (unpaired) electrons. The molecule has 0 saturated carbocycles. The molecule has 2 aromatic rings. The number of rotatable bonds is 3. The van der Waals surface area contributed by atoms with Gasteiger partial charge in [0.05, 0.1) is 5.69 Å². The second kappa shape index (κ2) is 4.23. The number of thiazole rings is 1. The number of nitrogens with zero attached hydrogens (tertiary/aromatic N) is 3. The average Bonchev–Trinajstić information content (AvgIpc) is 2.65. The molecule has 0 fully saturated rings. The van der Waals surface area contributed by atoms with Crippen LogP contribution in [0.2, 0.25) is 0 Å². The second-order valence-electron chi connectivity index (χ2n) is 3.03. The van der Waals surface area contributed by atoms with Crippen LogP contribution in [0.25, 0.3) is 0 Å². The van der Waals surface area contributed by atoms with Gasteiger partial charge in [-0.15, -0.1) is 21.5 Å². The van der Waals surface area contributed by atoms with Crippen molar-refractivity contribution in [1.82, 2.24) is 15.2 Å². The molecular formula is C9H8N4O2S. The van der Waals surface area contributed by atoms with Gasteiger partial charge < -0.3 is 10.4 Å². The fraction of sp³-hybridized carbons (Fsp3) is 0.111. The molecule has 16 heavy (non-hydrogen) atoms. The maximum absolute atomic E-state index is 10.5. The molecule has 7 heteroatoms. The van der Waals surface area contributed by atoms with Crippen molar-refractivity contribution >= 4 is 28.3 Å². The number of aromatic nitrogens is 3. The second-order valence-corrected chi connectivity index (χ2v) is 3.89. The molecule has 0 saturated heterocycles. The Labute approximate surface area is 95.0 Å². The Kier molecular flexibility index (Phi) is 2.78. The molecule has 2 heterocycles. The van der Waals surface area contributed by atoms with Crippen LogP contribution in [-0.2, 0) is 0 Å². The molecule has 0 amide bonds. The summed E-state index contributed by atoms with van der Waals surface area (Å²) in [6, 6.07) is 2.94. The van der Waals surface area contributed by atoms with Crippen molar-refractivity contribution in [2.45, 2.75) is 6.92 Å². The molecule has 82 valence electrons. The molecule has 2 rings (SSSR count). The Hall–Kier alpha value is -2.02. The van der Waals surface area contributed by atoms with E-state index in [4.69, 9.17) is 5.11 Å². The third kappa shape index (κ3) is 2.31. The predicted octanol–water partition coefficient (Wildman–Crippen LogP) is 1.68. The predicted molar refractivity (Wildman–Crippen MR) is 59.1 cm³/mol. The fourth-order valence-electron chi connectivity index (χ4n) is 1.03. The Morgan fingerprint density at radius 2 is 2.25 bits per heavy atom. The summed E-state index contributed by atoms with van der Waals surface area (Å²) in [5.74, 6) is -0.622. The first-order chi connectivity index (χ1) is 7.65. The van der Waals surface area contributed by atoms with E-state index in [1.54, 1.807) is 6.07 Å². The van der Waals surface area contributed by atoms with Gasteiger partial charge in [-0.05, 0) is 19.1 Å². The minimum Gasteiger partial charge on any atom is -0.476 e. The molecule has 0 aromatic carbocycles. The topological polar surface area (TPSA) is 88.0 Å². The van der Waals surface area contributed by atoms with E-state index in [1.165, 1.54) is 17.4 Å². The van der Waals surface area contributed by atoms with E-state index in [0.29, 0.717) is 10.9 Å². The molecule has 0 aliphatic rings. The standard InChI is InChI=1S/C9H8N4O2S/c1-5-4-16-9(10-5)11-7-3-2-6(8(14)15)12-13-7/h2-4H,1H3,(H,14,15)(H,10,11,13). The zero-order chi connectivity index (χ0) is 11.5. The van der Waals surface area contributed by atoms with E-state index >= 15 is 0 Å². The van der Waals surface area contributed by atoms with Crippen LogP contribution < -0.4 is 5.32 Å². The highest BCUT2D eigenvalue weighted by Gasteiger charge is 2.05. The van der Waals surface area contributed by atoms with Crippen LogP contribution in [0.5, 0.6) is 0 Å². The molecule has 2 N–H and O–H groups in total. The lowest BCUT2D eigenvalue weighted by Crippen LogP contribution is -2.03. The summed E-state index contributed by atoms with van der Waals surface area (Å²) in [4.78, 5) is 14.7. The summed E-state index contributed by atoms with van der Waals surface area (Å²) < 4.78 is 0. The van der Waals surface area contributed by atoms with Crippen LogP contribution in [0.1, 0.15) is 16.2 Å². The lowest BCUT2D eigenvalue weighted by Gasteiger charge is -1.99. The average molecular weight is 236 g/mol. The first-order valence-corrected chi connectivity index (χ1v) is 5.29. The highest BCUT2D eigenvalue weighted by molar-refractivity contribution is 7.13. The van der Waals surface area contributed by atoms with Crippen LogP contribution >= 0.6 is 11.3 Å². The van der Waals surface area contributed by atoms with Crippen molar-refractivity contribution in [3.63, 3.8) is 0 Å². The minimum absolute atomic E-state index is 0.0825. The van der Waals surface area contributed by atoms with Crippen LogP contribution in [0.15, 0.2) is 17.5 Å². The van der Waals surface area contributed by atoms with Gasteiger partial charge in [0.25, 0.3) is 0 Å². The Balaban J connectivity index is 2.14. The van der Waals surface area contributed by atoms with Gasteiger partial charge in [-0.25, -0.2) is 9.78 Å². The fourth-order valence-corrected chi connectivity index (χ4v) is 1.73. The summed E-state index contributed by atoms with van der Waals surface area (Å²) in [6.45, 7) is 1.89. The molecule has 6 nitrogen and oxygen atoms in total. The number of aromatic carboxylic acids is 1. The van der Waals surface area contributed by atoms with Crippen molar-refractivity contribution in [2.75, 3.05) is 5.32 Å². The first kappa shape index (κ1) is 10.5. The largest absolute Gasteiger partial charge is 0.476 e. The smallest absolute Gasteiger partial charge is 0.356 e. The van der Waals surface area contributed by atoms with Gasteiger partial charge in [-0.3, -0.25) is 0 Å². The van der Waals surface area contributed by atoms with Crippen molar-refractivity contribution in [2.24, 2.45) is 0 Å². The maximum Gasteiger partial charge on any atom is 0.356 e. The van der Waals surface area contributed by atoms with Gasteiger partial charge >= 0.3 is 5.97 Å². The number of hydrogen-bond acceptors (Lipinski definition) is 6. The van der Waals surface area contributed by atoms with E-state index in [-0.39, 0.29) is 5.69 Å². The van der Waals surface area contributed by atoms with Crippen molar-refractivity contribution in [1.29, 1.82) is 0 Å².